The molecule has 1 heterocycles. The molecule has 0 aliphatic carbocycles. The number of rotatable bonds is 3. The van der Waals surface area contributed by atoms with Gasteiger partial charge < -0.3 is 5.32 Å². The normalized spacial score (nSPS) is 11.5. The highest BCUT2D eigenvalue weighted by molar-refractivity contribution is 7.13. The number of nitrogens with one attached hydrogen (secondary N) is 1. The minimum atomic E-state index is -0.122. The van der Waals surface area contributed by atoms with Crippen molar-refractivity contribution < 1.29 is 4.79 Å². The number of benzene rings is 1. The van der Waals surface area contributed by atoms with Crippen LogP contribution in [0.2, 0.25) is 10.0 Å². The van der Waals surface area contributed by atoms with Gasteiger partial charge in [0, 0.05) is 10.8 Å². The van der Waals surface area contributed by atoms with Crippen LogP contribution in [0.5, 0.6) is 0 Å². The number of amides is 1. The average Bonchev–Trinajstić information content (AvgIpc) is 2.82. The van der Waals surface area contributed by atoms with Crippen molar-refractivity contribution in [2.75, 3.05) is 5.32 Å². The molecule has 0 aliphatic heterocycles. The number of hydrogen-bond donors (Lipinski definition) is 1. The molecule has 0 spiro atoms. The molecular formula is C15H16Cl2N2OS. The number of thiazole rings is 1. The molecule has 2 aromatic rings. The Bertz CT molecular complexity index is 662. The predicted octanol–water partition coefficient (Wildman–Crippen LogP) is 4.93. The van der Waals surface area contributed by atoms with Gasteiger partial charge in [-0.1, -0.05) is 50.0 Å². The standard InChI is InChI=1S/C15H16Cl2N2OS/c1-15(2,3)12-8-21-14(18-12)19-13(20)7-9-4-5-10(16)11(17)6-9/h4-6,8H,7H2,1-3H3,(H,18,19,20). The Labute approximate surface area is 138 Å². The van der Waals surface area contributed by atoms with E-state index in [1.54, 1.807) is 18.2 Å². The largest absolute Gasteiger partial charge is 0.302 e. The quantitative estimate of drug-likeness (QED) is 0.859. The highest BCUT2D eigenvalue weighted by Gasteiger charge is 2.18. The monoisotopic (exact) mass is 342 g/mol. The highest BCUT2D eigenvalue weighted by atomic mass is 35.5. The molecule has 112 valence electrons. The molecule has 0 atom stereocenters. The maximum Gasteiger partial charge on any atom is 0.230 e. The first kappa shape index (κ1) is 16.3. The van der Waals surface area contributed by atoms with Crippen LogP contribution in [0.1, 0.15) is 32.0 Å². The Kier molecular flexibility index (Phi) is 4.91. The molecule has 6 heteroatoms. The van der Waals surface area contributed by atoms with E-state index in [-0.39, 0.29) is 17.7 Å². The molecule has 1 amide bonds. The summed E-state index contributed by atoms with van der Waals surface area (Å²) in [7, 11) is 0. The van der Waals surface area contributed by atoms with Crippen molar-refractivity contribution in [1.82, 2.24) is 4.98 Å². The van der Waals surface area contributed by atoms with Crippen LogP contribution in [0, 0.1) is 0 Å². The lowest BCUT2D eigenvalue weighted by Gasteiger charge is -2.14. The summed E-state index contributed by atoms with van der Waals surface area (Å²) >= 11 is 13.2. The minimum Gasteiger partial charge on any atom is -0.302 e. The molecular weight excluding hydrogens is 327 g/mol. The van der Waals surface area contributed by atoms with Crippen molar-refractivity contribution in [3.63, 3.8) is 0 Å². The van der Waals surface area contributed by atoms with Gasteiger partial charge in [-0.25, -0.2) is 4.98 Å². The van der Waals surface area contributed by atoms with Gasteiger partial charge in [-0.15, -0.1) is 11.3 Å². The van der Waals surface area contributed by atoms with Crippen LogP contribution in [-0.4, -0.2) is 10.9 Å². The smallest absolute Gasteiger partial charge is 0.230 e. The number of carbonyl (C=O) groups is 1. The van der Waals surface area contributed by atoms with Gasteiger partial charge in [0.15, 0.2) is 5.13 Å². The summed E-state index contributed by atoms with van der Waals surface area (Å²) in [5.41, 5.74) is 1.76. The number of nitrogens with zero attached hydrogens (tertiary/aromatic N) is 1. The Morgan fingerprint density at radius 3 is 2.57 bits per heavy atom. The molecule has 0 saturated carbocycles. The lowest BCUT2D eigenvalue weighted by atomic mass is 9.93. The summed E-state index contributed by atoms with van der Waals surface area (Å²) in [5.74, 6) is -0.122. The fourth-order valence-electron chi connectivity index (χ4n) is 1.67. The Morgan fingerprint density at radius 2 is 2.00 bits per heavy atom. The van der Waals surface area contributed by atoms with Crippen LogP contribution in [-0.2, 0) is 16.6 Å². The minimum absolute atomic E-state index is 0.0246. The van der Waals surface area contributed by atoms with E-state index in [0.29, 0.717) is 15.2 Å². The highest BCUT2D eigenvalue weighted by Crippen LogP contribution is 2.27. The molecule has 0 radical (unpaired) electrons. The van der Waals surface area contributed by atoms with Gasteiger partial charge in [0.05, 0.1) is 22.2 Å². The van der Waals surface area contributed by atoms with Gasteiger partial charge in [0.25, 0.3) is 0 Å². The van der Waals surface area contributed by atoms with Gasteiger partial charge in [0.1, 0.15) is 0 Å². The zero-order chi connectivity index (χ0) is 15.6. The van der Waals surface area contributed by atoms with E-state index >= 15 is 0 Å². The SMILES string of the molecule is CC(C)(C)c1csc(NC(=O)Cc2ccc(Cl)c(Cl)c2)n1. The van der Waals surface area contributed by atoms with Crippen LogP contribution < -0.4 is 5.32 Å². The summed E-state index contributed by atoms with van der Waals surface area (Å²) in [4.78, 5) is 16.5. The van der Waals surface area contributed by atoms with Gasteiger partial charge in [-0.3, -0.25) is 4.79 Å². The van der Waals surface area contributed by atoms with Crippen LogP contribution in [0.4, 0.5) is 5.13 Å². The van der Waals surface area contributed by atoms with Crippen LogP contribution in [0.3, 0.4) is 0 Å². The van der Waals surface area contributed by atoms with E-state index < -0.39 is 0 Å². The van der Waals surface area contributed by atoms with Crippen LogP contribution >= 0.6 is 34.5 Å². The molecule has 0 unspecified atom stereocenters. The van der Waals surface area contributed by atoms with E-state index in [1.165, 1.54) is 11.3 Å². The Balaban J connectivity index is 2.01. The second kappa shape index (κ2) is 6.34. The molecule has 0 aliphatic rings. The summed E-state index contributed by atoms with van der Waals surface area (Å²) in [5, 5.41) is 6.32. The fourth-order valence-corrected chi connectivity index (χ4v) is 2.95. The maximum absolute atomic E-state index is 12.0. The lowest BCUT2D eigenvalue weighted by molar-refractivity contribution is -0.115. The Morgan fingerprint density at radius 1 is 1.29 bits per heavy atom. The lowest BCUT2D eigenvalue weighted by Crippen LogP contribution is -2.15. The van der Waals surface area contributed by atoms with Crippen LogP contribution in [0.25, 0.3) is 0 Å². The van der Waals surface area contributed by atoms with E-state index in [1.807, 2.05) is 5.38 Å². The van der Waals surface area contributed by atoms with E-state index in [9.17, 15) is 4.79 Å². The third-order valence-corrected chi connectivity index (χ3v) is 4.36. The van der Waals surface area contributed by atoms with Crippen molar-refractivity contribution in [2.24, 2.45) is 0 Å². The van der Waals surface area contributed by atoms with E-state index in [0.717, 1.165) is 11.3 Å². The molecule has 3 nitrogen and oxygen atoms in total. The van der Waals surface area contributed by atoms with Gasteiger partial charge in [-0.05, 0) is 17.7 Å². The number of carbonyl (C=O) groups excluding carboxylic acids is 1. The molecule has 1 aromatic carbocycles. The van der Waals surface area contributed by atoms with Crippen molar-refractivity contribution in [3.05, 3.63) is 44.9 Å². The third-order valence-electron chi connectivity index (χ3n) is 2.87. The van der Waals surface area contributed by atoms with E-state index in [4.69, 9.17) is 23.2 Å². The van der Waals surface area contributed by atoms with Gasteiger partial charge >= 0.3 is 0 Å². The molecule has 1 N–H and O–H groups in total. The summed E-state index contributed by atoms with van der Waals surface area (Å²) in [6, 6.07) is 5.18. The first-order chi connectivity index (χ1) is 9.75. The fraction of sp³-hybridized carbons (Fsp3) is 0.333. The van der Waals surface area contributed by atoms with Crippen molar-refractivity contribution in [3.8, 4) is 0 Å². The topological polar surface area (TPSA) is 42.0 Å². The van der Waals surface area contributed by atoms with Gasteiger partial charge in [0.2, 0.25) is 5.91 Å². The molecule has 0 fully saturated rings. The molecule has 21 heavy (non-hydrogen) atoms. The number of aromatic nitrogens is 1. The van der Waals surface area contributed by atoms with E-state index in [2.05, 4.69) is 31.1 Å². The number of halogens is 2. The van der Waals surface area contributed by atoms with Crippen molar-refractivity contribution in [2.45, 2.75) is 32.6 Å². The third kappa shape index (κ3) is 4.43. The zero-order valence-electron chi connectivity index (χ0n) is 12.0. The van der Waals surface area contributed by atoms with Crippen molar-refractivity contribution in [1.29, 1.82) is 0 Å². The summed E-state index contributed by atoms with van der Waals surface area (Å²) in [6.07, 6.45) is 0.237. The maximum atomic E-state index is 12.0. The molecule has 0 bridgehead atoms. The number of hydrogen-bond acceptors (Lipinski definition) is 3. The molecule has 0 saturated heterocycles. The van der Waals surface area contributed by atoms with Crippen molar-refractivity contribution >= 4 is 45.6 Å². The zero-order valence-corrected chi connectivity index (χ0v) is 14.4. The van der Waals surface area contributed by atoms with Gasteiger partial charge in [-0.2, -0.15) is 0 Å². The summed E-state index contributed by atoms with van der Waals surface area (Å²) < 4.78 is 0. The first-order valence-electron chi connectivity index (χ1n) is 6.45. The second-order valence-electron chi connectivity index (χ2n) is 5.76. The average molecular weight is 343 g/mol. The summed E-state index contributed by atoms with van der Waals surface area (Å²) in [6.45, 7) is 6.26. The predicted molar refractivity (Wildman–Crippen MR) is 89.6 cm³/mol. The number of anilines is 1. The molecule has 2 rings (SSSR count). The van der Waals surface area contributed by atoms with Crippen LogP contribution in [0.15, 0.2) is 23.6 Å². The Hall–Kier alpha value is -1.10. The second-order valence-corrected chi connectivity index (χ2v) is 7.43. The first-order valence-corrected chi connectivity index (χ1v) is 8.09. The molecule has 1 aromatic heterocycles.